The number of para-hydroxylation sites is 2. The summed E-state index contributed by atoms with van der Waals surface area (Å²) in [6.07, 6.45) is 0. The van der Waals surface area contributed by atoms with Crippen LogP contribution in [0.1, 0.15) is 31.8 Å². The van der Waals surface area contributed by atoms with E-state index >= 15 is 0 Å². The van der Waals surface area contributed by atoms with Crippen LogP contribution in [0.2, 0.25) is 0 Å². The summed E-state index contributed by atoms with van der Waals surface area (Å²) in [6, 6.07) is 23.3. The van der Waals surface area contributed by atoms with Crippen LogP contribution < -0.4 is 20.1 Å². The Hall–Kier alpha value is -5.42. The predicted molar refractivity (Wildman–Crippen MR) is 154 cm³/mol. The molecular weight excluding hydrogens is 532 g/mol. The van der Waals surface area contributed by atoms with E-state index in [0.29, 0.717) is 35.7 Å². The molecule has 4 rings (SSSR count). The van der Waals surface area contributed by atoms with Gasteiger partial charge in [-0.15, -0.1) is 0 Å². The van der Waals surface area contributed by atoms with Gasteiger partial charge in [0.05, 0.1) is 25.3 Å². The van der Waals surface area contributed by atoms with Gasteiger partial charge in [-0.25, -0.2) is 9.59 Å². The number of aromatic hydroxyl groups is 2. The molecule has 0 spiro atoms. The summed E-state index contributed by atoms with van der Waals surface area (Å²) in [5.41, 5.74) is 3.42. The molecule has 0 aromatic heterocycles. The van der Waals surface area contributed by atoms with Crippen molar-refractivity contribution in [3.05, 3.63) is 107 Å². The molecule has 0 bridgehead atoms. The highest BCUT2D eigenvalue weighted by molar-refractivity contribution is 5.88. The third kappa shape index (κ3) is 8.80. The number of anilines is 2. The van der Waals surface area contributed by atoms with E-state index in [-0.39, 0.29) is 28.1 Å². The van der Waals surface area contributed by atoms with Crippen LogP contribution in [0.5, 0.6) is 23.0 Å². The van der Waals surface area contributed by atoms with E-state index in [9.17, 15) is 19.8 Å². The van der Waals surface area contributed by atoms with E-state index in [0.717, 1.165) is 11.4 Å². The Bertz CT molecular complexity index is 1330. The van der Waals surface area contributed by atoms with E-state index < -0.39 is 11.9 Å². The number of benzene rings is 4. The highest BCUT2D eigenvalue weighted by Crippen LogP contribution is 2.30. The zero-order valence-corrected chi connectivity index (χ0v) is 22.4. The number of carbonyl (C=O) groups is 2. The average molecular weight is 565 g/mol. The average Bonchev–Trinajstić information content (AvgIpc) is 2.97. The van der Waals surface area contributed by atoms with Crippen LogP contribution >= 0.6 is 0 Å². The number of hydrogen-bond donors (Lipinski definition) is 6. The van der Waals surface area contributed by atoms with Gasteiger partial charge in [-0.05, 0) is 60.7 Å². The summed E-state index contributed by atoms with van der Waals surface area (Å²) >= 11 is 0. The number of phenols is 2. The lowest BCUT2D eigenvalue weighted by atomic mass is 10.1. The Kier molecular flexibility index (Phi) is 11.8. The topological polar surface area (TPSA) is 189 Å². The minimum absolute atomic E-state index is 0. The van der Waals surface area contributed by atoms with Gasteiger partial charge >= 0.3 is 11.9 Å². The number of aromatic carboxylic acids is 2. The van der Waals surface area contributed by atoms with Crippen LogP contribution in [0.25, 0.3) is 0 Å². The van der Waals surface area contributed by atoms with Gasteiger partial charge in [-0.3, -0.25) is 0 Å². The minimum atomic E-state index is -0.956. The first-order valence-electron chi connectivity index (χ1n) is 12.1. The Balaban J connectivity index is 0.000000280. The monoisotopic (exact) mass is 564 g/mol. The lowest BCUT2D eigenvalue weighted by Crippen LogP contribution is -2.01. The van der Waals surface area contributed by atoms with E-state index in [1.54, 1.807) is 60.7 Å². The molecule has 41 heavy (non-hydrogen) atoms. The molecule has 0 amide bonds. The molecular formula is C30H32N2O9. The molecule has 0 aliphatic rings. The Morgan fingerprint density at radius 1 is 0.610 bits per heavy atom. The van der Waals surface area contributed by atoms with Gasteiger partial charge in [-0.1, -0.05) is 24.3 Å². The van der Waals surface area contributed by atoms with Crippen molar-refractivity contribution < 1.29 is 45.0 Å². The van der Waals surface area contributed by atoms with Crippen molar-refractivity contribution in [2.45, 2.75) is 13.1 Å². The lowest BCUT2D eigenvalue weighted by Gasteiger charge is -2.10. The number of hydrogen-bond acceptors (Lipinski definition) is 8. The van der Waals surface area contributed by atoms with Crippen molar-refractivity contribution in [1.29, 1.82) is 0 Å². The van der Waals surface area contributed by atoms with Crippen LogP contribution in [0, 0.1) is 0 Å². The van der Waals surface area contributed by atoms with Gasteiger partial charge in [0.1, 0.15) is 0 Å². The molecule has 216 valence electrons. The van der Waals surface area contributed by atoms with Gasteiger partial charge in [0.2, 0.25) is 0 Å². The maximum atomic E-state index is 10.7. The maximum Gasteiger partial charge on any atom is 0.335 e. The van der Waals surface area contributed by atoms with Gasteiger partial charge in [-0.2, -0.15) is 0 Å². The first-order valence-corrected chi connectivity index (χ1v) is 12.1. The van der Waals surface area contributed by atoms with Crippen molar-refractivity contribution >= 4 is 23.3 Å². The number of ether oxygens (including phenoxy) is 2. The lowest BCUT2D eigenvalue weighted by molar-refractivity contribution is 0.0686. The smallest absolute Gasteiger partial charge is 0.335 e. The van der Waals surface area contributed by atoms with Gasteiger partial charge < -0.3 is 46.0 Å². The summed E-state index contributed by atoms with van der Waals surface area (Å²) in [6.45, 7) is 0.824. The first kappa shape index (κ1) is 31.8. The predicted octanol–water partition coefficient (Wildman–Crippen LogP) is 4.60. The van der Waals surface area contributed by atoms with Crippen LogP contribution in [0.15, 0.2) is 84.9 Å². The third-order valence-electron chi connectivity index (χ3n) is 5.83. The van der Waals surface area contributed by atoms with Crippen molar-refractivity contribution in [1.82, 2.24) is 0 Å². The number of carboxylic acids is 2. The molecule has 0 atom stereocenters. The number of methoxy groups -OCH3 is 2. The molecule has 0 unspecified atom stereocenters. The molecule has 11 heteroatoms. The van der Waals surface area contributed by atoms with Crippen molar-refractivity contribution in [2.24, 2.45) is 0 Å². The van der Waals surface area contributed by atoms with E-state index in [1.165, 1.54) is 38.5 Å². The van der Waals surface area contributed by atoms with Crippen LogP contribution in [0.4, 0.5) is 11.4 Å². The molecule has 8 N–H and O–H groups in total. The zero-order chi connectivity index (χ0) is 29.1. The summed E-state index contributed by atoms with van der Waals surface area (Å²) < 4.78 is 10.1. The quantitative estimate of drug-likeness (QED) is 0.159. The largest absolute Gasteiger partial charge is 0.504 e. The molecule has 0 radical (unpaired) electrons. The summed E-state index contributed by atoms with van der Waals surface area (Å²) in [4.78, 5) is 21.5. The fraction of sp³-hybridized carbons (Fsp3) is 0.133. The molecule has 0 aliphatic carbocycles. The second kappa shape index (κ2) is 15.2. The summed E-state index contributed by atoms with van der Waals surface area (Å²) in [7, 11) is 2.99. The minimum Gasteiger partial charge on any atom is -0.504 e. The fourth-order valence-corrected chi connectivity index (χ4v) is 3.61. The van der Waals surface area contributed by atoms with E-state index in [4.69, 9.17) is 19.7 Å². The Morgan fingerprint density at radius 2 is 0.951 bits per heavy atom. The van der Waals surface area contributed by atoms with Gasteiger partial charge in [0.25, 0.3) is 0 Å². The fourth-order valence-electron chi connectivity index (χ4n) is 3.61. The van der Waals surface area contributed by atoms with Crippen molar-refractivity contribution in [3.63, 3.8) is 0 Å². The highest BCUT2D eigenvalue weighted by Gasteiger charge is 2.08. The molecule has 0 saturated heterocycles. The van der Waals surface area contributed by atoms with Crippen LogP contribution in [0.3, 0.4) is 0 Å². The summed E-state index contributed by atoms with van der Waals surface area (Å²) in [5, 5.41) is 43.7. The normalized spacial score (nSPS) is 9.80. The van der Waals surface area contributed by atoms with Crippen LogP contribution in [-0.4, -0.2) is 52.1 Å². The SMILES string of the molecule is COc1cccc(CNc2ccc(C(=O)O)cc2)c1O.COc1cccc(CNc2ccc(C(=O)O)cc2)c1O.O. The molecule has 0 heterocycles. The molecule has 4 aromatic carbocycles. The first-order chi connectivity index (χ1) is 19.2. The number of nitrogens with one attached hydrogen (secondary N) is 2. The number of rotatable bonds is 10. The third-order valence-corrected chi connectivity index (χ3v) is 5.83. The number of phenolic OH excluding ortho intramolecular Hbond substituents is 2. The summed E-state index contributed by atoms with van der Waals surface area (Å²) in [5.74, 6) is -0.866. The zero-order valence-electron chi connectivity index (χ0n) is 22.4. The van der Waals surface area contributed by atoms with Gasteiger partial charge in [0.15, 0.2) is 23.0 Å². The Labute approximate surface area is 236 Å². The van der Waals surface area contributed by atoms with Crippen molar-refractivity contribution in [2.75, 3.05) is 24.9 Å². The van der Waals surface area contributed by atoms with E-state index in [2.05, 4.69) is 10.6 Å². The van der Waals surface area contributed by atoms with E-state index in [1.807, 2.05) is 0 Å². The van der Waals surface area contributed by atoms with Crippen LogP contribution in [-0.2, 0) is 13.1 Å². The Morgan fingerprint density at radius 3 is 1.24 bits per heavy atom. The van der Waals surface area contributed by atoms with Crippen molar-refractivity contribution in [3.8, 4) is 23.0 Å². The maximum absolute atomic E-state index is 10.7. The second-order valence-corrected chi connectivity index (χ2v) is 8.41. The standard InChI is InChI=1S/2C15H15NO4.H2O/c2*1-20-13-4-2-3-11(14(13)17)9-16-12-7-5-10(6-8-12)15(18)19;/h2*2-8,16-17H,9H2,1H3,(H,18,19);1H2. The molecule has 0 aliphatic heterocycles. The molecule has 0 saturated carbocycles. The second-order valence-electron chi connectivity index (χ2n) is 8.41. The molecule has 0 fully saturated rings. The van der Waals surface area contributed by atoms with Gasteiger partial charge in [0, 0.05) is 35.6 Å². The molecule has 4 aromatic rings. The molecule has 11 nitrogen and oxygen atoms in total. The highest BCUT2D eigenvalue weighted by atomic mass is 16.5. The number of carboxylic acid groups (broad SMARTS) is 2.